The van der Waals surface area contributed by atoms with E-state index in [1.54, 1.807) is 34.6 Å². The van der Waals surface area contributed by atoms with Crippen molar-refractivity contribution in [2.75, 3.05) is 53.0 Å². The van der Waals surface area contributed by atoms with Gasteiger partial charge in [0.15, 0.2) is 5.78 Å². The molecule has 2 fully saturated rings. The van der Waals surface area contributed by atoms with E-state index in [2.05, 4.69) is 15.5 Å². The molecule has 328 valence electrons. The number of ether oxygens (including phenoxy) is 4. The first-order valence-corrected chi connectivity index (χ1v) is 21.8. The molecule has 16 nitrogen and oxygen atoms in total. The average Bonchev–Trinajstić information content (AvgIpc) is 3.63. The van der Waals surface area contributed by atoms with E-state index < -0.39 is 48.3 Å². The number of benzene rings is 1. The number of nitrogens with zero attached hydrogens (tertiary/aromatic N) is 4. The Balaban J connectivity index is 1.06. The first-order valence-electron chi connectivity index (χ1n) is 21.8. The molecule has 0 saturated carbocycles. The highest BCUT2D eigenvalue weighted by atomic mass is 16.6. The minimum Gasteiger partial charge on any atom is -0.457 e. The molecule has 2 saturated heterocycles. The molecule has 0 aliphatic carbocycles. The van der Waals surface area contributed by atoms with Crippen molar-refractivity contribution in [1.29, 1.82) is 0 Å². The van der Waals surface area contributed by atoms with E-state index in [1.807, 2.05) is 20.0 Å². The normalized spacial score (nSPS) is 19.4. The topological polar surface area (TPSA) is 188 Å². The molecule has 2 aromatic heterocycles. The van der Waals surface area contributed by atoms with Gasteiger partial charge in [0.25, 0.3) is 5.56 Å². The van der Waals surface area contributed by atoms with Gasteiger partial charge in [0.2, 0.25) is 11.5 Å². The Bertz CT molecular complexity index is 2230. The highest BCUT2D eigenvalue weighted by Gasteiger charge is 2.50. The van der Waals surface area contributed by atoms with Crippen LogP contribution in [0.2, 0.25) is 0 Å². The van der Waals surface area contributed by atoms with Gasteiger partial charge < -0.3 is 43.9 Å². The number of unbranched alkanes of at least 4 members (excludes halogenated alkanes) is 1. The van der Waals surface area contributed by atoms with Crippen LogP contribution in [0.15, 0.2) is 29.1 Å². The summed E-state index contributed by atoms with van der Waals surface area (Å²) >= 11 is 0. The molecule has 0 spiro atoms. The SMILES string of the molecule is CCc1c2c(nc3ccc(OC(=O)N4CCC(N5CCCCC5)CC4)cc13)-c1cc3c(c(=O)n1C2)COC(=O)[C@@]3(CC)OC(=O)COCC(=O)NC(CCCCNC)C(C)=O. The number of hydrogen-bond donors (Lipinski definition) is 2. The minimum absolute atomic E-state index is 0.0437. The molecule has 3 aromatic rings. The Hall–Kier alpha value is -5.19. The molecular formula is C45H58N6O10. The molecule has 1 unspecified atom stereocenters. The number of aryl methyl sites for hydroxylation is 1. The molecule has 0 radical (unpaired) electrons. The van der Waals surface area contributed by atoms with Crippen molar-refractivity contribution in [1.82, 2.24) is 30.0 Å². The number of Topliss-reactive ketones (excluding diaryl/α,β-unsaturated/α-hetero) is 1. The van der Waals surface area contributed by atoms with E-state index in [1.165, 1.54) is 26.2 Å². The maximum absolute atomic E-state index is 14.2. The van der Waals surface area contributed by atoms with Gasteiger partial charge in [-0.25, -0.2) is 19.4 Å². The van der Waals surface area contributed by atoms with Crippen molar-refractivity contribution in [2.24, 2.45) is 0 Å². The third-order valence-corrected chi connectivity index (χ3v) is 12.7. The van der Waals surface area contributed by atoms with Gasteiger partial charge in [-0.1, -0.05) is 20.3 Å². The fourth-order valence-corrected chi connectivity index (χ4v) is 9.34. The van der Waals surface area contributed by atoms with Crippen molar-refractivity contribution < 1.29 is 42.9 Å². The number of fused-ring (bicyclic) bond motifs is 5. The summed E-state index contributed by atoms with van der Waals surface area (Å²) in [5.41, 5.74) is 1.53. The van der Waals surface area contributed by atoms with Crippen LogP contribution in [-0.2, 0) is 58.6 Å². The van der Waals surface area contributed by atoms with Crippen molar-refractivity contribution in [2.45, 2.75) is 116 Å². The molecule has 2 N–H and O–H groups in total. The summed E-state index contributed by atoms with van der Waals surface area (Å²) in [7, 11) is 1.84. The standard InChI is InChI=1S/C45H58N6O10/c1-5-31-32-22-30(60-44(57)50-20-15-29(16-21-50)49-18-10-7-11-19-49)13-14-37(32)48-41-33(31)24-51-38(41)23-35-34(42(51)55)25-59-43(56)45(35,6-2)61-40(54)27-58-26-39(53)47-36(28(3)52)12-8-9-17-46-4/h13-14,22-23,29,36,46H,5-12,15-21,24-27H2,1-4H3,(H,47,53)/t36?,45-/m0/s1. The fourth-order valence-electron chi connectivity index (χ4n) is 9.34. The number of likely N-dealkylation sites (tertiary alicyclic amines) is 2. The van der Waals surface area contributed by atoms with Crippen LogP contribution in [0.1, 0.15) is 101 Å². The van der Waals surface area contributed by atoms with Crippen molar-refractivity contribution in [3.8, 4) is 17.1 Å². The summed E-state index contributed by atoms with van der Waals surface area (Å²) < 4.78 is 24.2. The van der Waals surface area contributed by atoms with Crippen LogP contribution in [0, 0.1) is 0 Å². The molecule has 2 atom stereocenters. The number of cyclic esters (lactones) is 1. The predicted molar refractivity (Wildman–Crippen MR) is 225 cm³/mol. The number of rotatable bonds is 16. The first kappa shape index (κ1) is 43.9. The maximum atomic E-state index is 14.2. The van der Waals surface area contributed by atoms with Crippen molar-refractivity contribution >= 4 is 40.6 Å². The molecule has 0 bridgehead atoms. The van der Waals surface area contributed by atoms with Gasteiger partial charge in [0.05, 0.1) is 35.1 Å². The first-order chi connectivity index (χ1) is 29.5. The fraction of sp³-hybridized carbons (Fsp3) is 0.578. The van der Waals surface area contributed by atoms with Crippen LogP contribution in [0.5, 0.6) is 5.75 Å². The smallest absolute Gasteiger partial charge is 0.415 e. The van der Waals surface area contributed by atoms with Crippen LogP contribution < -0.4 is 20.9 Å². The Morgan fingerprint density at radius 1 is 0.984 bits per heavy atom. The van der Waals surface area contributed by atoms with E-state index in [0.717, 1.165) is 61.8 Å². The Kier molecular flexibility index (Phi) is 13.8. The summed E-state index contributed by atoms with van der Waals surface area (Å²) in [6, 6.07) is 6.90. The number of amides is 2. The van der Waals surface area contributed by atoms with Crippen LogP contribution >= 0.6 is 0 Å². The Labute approximate surface area is 355 Å². The summed E-state index contributed by atoms with van der Waals surface area (Å²) in [6.45, 7) is 8.20. The zero-order valence-electron chi connectivity index (χ0n) is 35.8. The molecule has 16 heteroatoms. The lowest BCUT2D eigenvalue weighted by atomic mass is 9.85. The summed E-state index contributed by atoms with van der Waals surface area (Å²) in [6.07, 6.45) is 7.89. The number of piperidine rings is 2. The molecule has 4 aliphatic rings. The van der Waals surface area contributed by atoms with E-state index in [9.17, 15) is 28.8 Å². The average molecular weight is 843 g/mol. The van der Waals surface area contributed by atoms with E-state index >= 15 is 0 Å². The second-order valence-corrected chi connectivity index (χ2v) is 16.5. The van der Waals surface area contributed by atoms with Gasteiger partial charge in [0.1, 0.15) is 25.6 Å². The van der Waals surface area contributed by atoms with Crippen molar-refractivity contribution in [3.63, 3.8) is 0 Å². The number of carbonyl (C=O) groups excluding carboxylic acids is 5. The lowest BCUT2D eigenvalue weighted by molar-refractivity contribution is -0.192. The van der Waals surface area contributed by atoms with E-state index in [0.29, 0.717) is 54.6 Å². The lowest BCUT2D eigenvalue weighted by Crippen LogP contribution is -2.48. The zero-order chi connectivity index (χ0) is 43.3. The highest BCUT2D eigenvalue weighted by Crippen LogP contribution is 2.42. The second-order valence-electron chi connectivity index (χ2n) is 16.5. The maximum Gasteiger partial charge on any atom is 0.415 e. The molecule has 1 aromatic carbocycles. The van der Waals surface area contributed by atoms with Crippen LogP contribution in [0.25, 0.3) is 22.3 Å². The molecule has 2 amide bonds. The van der Waals surface area contributed by atoms with Crippen LogP contribution in [0.3, 0.4) is 0 Å². The molecule has 7 rings (SSSR count). The third kappa shape index (κ3) is 9.21. The van der Waals surface area contributed by atoms with E-state index in [4.69, 9.17) is 23.9 Å². The van der Waals surface area contributed by atoms with Crippen LogP contribution in [0.4, 0.5) is 4.79 Å². The summed E-state index contributed by atoms with van der Waals surface area (Å²) in [4.78, 5) is 88.4. The number of hydrogen-bond acceptors (Lipinski definition) is 13. The number of pyridine rings is 2. The summed E-state index contributed by atoms with van der Waals surface area (Å²) in [5, 5.41) is 6.51. The third-order valence-electron chi connectivity index (χ3n) is 12.7. The van der Waals surface area contributed by atoms with Gasteiger partial charge in [-0.3, -0.25) is 14.4 Å². The largest absolute Gasteiger partial charge is 0.457 e. The van der Waals surface area contributed by atoms with Gasteiger partial charge >= 0.3 is 18.0 Å². The van der Waals surface area contributed by atoms with Gasteiger partial charge in [-0.2, -0.15) is 0 Å². The number of carbonyl (C=O) groups is 5. The van der Waals surface area contributed by atoms with Gasteiger partial charge in [-0.05, 0) is 121 Å². The number of aromatic nitrogens is 2. The molecule has 4 aliphatic heterocycles. The van der Waals surface area contributed by atoms with Crippen LogP contribution in [-0.4, -0.2) is 114 Å². The summed E-state index contributed by atoms with van der Waals surface area (Å²) in [5.74, 6) is -2.10. The number of ketones is 1. The minimum atomic E-state index is -1.95. The molecular weight excluding hydrogens is 785 g/mol. The second kappa shape index (κ2) is 19.2. The highest BCUT2D eigenvalue weighted by molar-refractivity contribution is 5.91. The van der Waals surface area contributed by atoms with Crippen molar-refractivity contribution in [3.05, 3.63) is 56.9 Å². The number of esters is 2. The monoisotopic (exact) mass is 842 g/mol. The molecule has 6 heterocycles. The number of nitrogens with one attached hydrogen (secondary N) is 2. The Morgan fingerprint density at radius 2 is 1.75 bits per heavy atom. The predicted octanol–water partition coefficient (Wildman–Crippen LogP) is 4.12. The van der Waals surface area contributed by atoms with E-state index in [-0.39, 0.29) is 42.6 Å². The Morgan fingerprint density at radius 3 is 2.46 bits per heavy atom. The lowest BCUT2D eigenvalue weighted by Gasteiger charge is -2.39. The zero-order valence-corrected chi connectivity index (χ0v) is 35.8. The van der Waals surface area contributed by atoms with Gasteiger partial charge in [0, 0.05) is 35.6 Å². The molecule has 61 heavy (non-hydrogen) atoms. The quantitative estimate of drug-likeness (QED) is 0.121. The van der Waals surface area contributed by atoms with Gasteiger partial charge in [-0.15, -0.1) is 0 Å².